The van der Waals surface area contributed by atoms with E-state index in [9.17, 15) is 53.5 Å². The second kappa shape index (κ2) is 70.6. The predicted molar refractivity (Wildman–Crippen MR) is 391 cm³/mol. The van der Waals surface area contributed by atoms with Crippen LogP contribution in [0.2, 0.25) is 0 Å². The molecule has 552 valence electrons. The summed E-state index contributed by atoms with van der Waals surface area (Å²) in [6.07, 6.45) is 65.7. The van der Waals surface area contributed by atoms with Crippen molar-refractivity contribution in [1.29, 1.82) is 0 Å². The van der Waals surface area contributed by atoms with Gasteiger partial charge in [0.15, 0.2) is 0 Å². The fourth-order valence-electron chi connectivity index (χ4n) is 11.8. The maximum atomic E-state index is 12.4. The Hall–Kier alpha value is 0.151. The summed E-state index contributed by atoms with van der Waals surface area (Å²) in [5.41, 5.74) is 0. The van der Waals surface area contributed by atoms with Crippen molar-refractivity contribution in [1.82, 2.24) is 18.9 Å². The Morgan fingerprint density at radius 3 is 0.409 bits per heavy atom. The zero-order chi connectivity index (χ0) is 68.4. The van der Waals surface area contributed by atoms with Crippen molar-refractivity contribution in [2.45, 2.75) is 425 Å². The topological polar surface area (TPSA) is 265 Å². The van der Waals surface area contributed by atoms with E-state index in [0.29, 0.717) is 25.7 Å². The SMILES string of the molecule is CCCCCCCCCCCCCCCCCS(=O)(=O)NC(NS(=O)(=O)CCCCCCCCCCCCCCCCC)C(=O)[O-].CCCCCCCCCCCCCCCCCS(=O)(=O)NC(NS(=O)(=O)CCCCCCCCCCCCCCCCC)C(=O)[O-].[Ba+2]. The van der Waals surface area contributed by atoms with Crippen LogP contribution in [-0.4, -0.2) is 130 Å². The summed E-state index contributed by atoms with van der Waals surface area (Å²) in [7, 11) is -15.9. The van der Waals surface area contributed by atoms with Crippen LogP contribution < -0.4 is 29.1 Å². The first kappa shape index (κ1) is 97.3. The van der Waals surface area contributed by atoms with Gasteiger partial charge in [0.05, 0.1) is 35.0 Å². The van der Waals surface area contributed by atoms with Crippen molar-refractivity contribution in [3.63, 3.8) is 0 Å². The van der Waals surface area contributed by atoms with Crippen LogP contribution in [0.25, 0.3) is 0 Å². The Morgan fingerprint density at radius 2 is 0.312 bits per heavy atom. The van der Waals surface area contributed by atoms with Gasteiger partial charge in [0.1, 0.15) is 12.3 Å². The minimum absolute atomic E-state index is 0. The normalized spacial score (nSPS) is 12.2. The van der Waals surface area contributed by atoms with E-state index in [2.05, 4.69) is 27.7 Å². The van der Waals surface area contributed by atoms with Gasteiger partial charge in [-0.05, 0) is 25.7 Å². The Balaban J connectivity index is -0.00000172. The number of carbonyl (C=O) groups excluding carboxylic acids is 2. The fourth-order valence-corrected chi connectivity index (χ4v) is 16.9. The van der Waals surface area contributed by atoms with Gasteiger partial charge in [-0.3, -0.25) is 0 Å². The first-order valence-corrected chi connectivity index (χ1v) is 45.3. The fraction of sp³-hybridized carbons (Fsp3) is 0.972. The van der Waals surface area contributed by atoms with Crippen molar-refractivity contribution in [2.75, 3.05) is 23.0 Å². The molecule has 0 unspecified atom stereocenters. The van der Waals surface area contributed by atoms with Crippen molar-refractivity contribution in [3.8, 4) is 0 Å². The molecule has 0 aliphatic carbocycles. The number of hydrogen-bond donors (Lipinski definition) is 4. The van der Waals surface area contributed by atoms with Gasteiger partial charge in [-0.1, -0.05) is 387 Å². The number of unbranched alkanes of at least 4 members (excludes halogenated alkanes) is 56. The second-order valence-corrected chi connectivity index (χ2v) is 34.5. The van der Waals surface area contributed by atoms with Crippen molar-refractivity contribution >= 4 is 101 Å². The number of carboxylic acid groups (broad SMARTS) is 2. The molecule has 16 nitrogen and oxygen atoms in total. The molecule has 0 spiro atoms. The number of nitrogens with one attached hydrogen (secondary N) is 4. The maximum absolute atomic E-state index is 12.4. The summed E-state index contributed by atoms with van der Waals surface area (Å²) in [6.45, 7) is 8.97. The monoisotopic (exact) mass is 1520 g/mol. The Bertz CT molecular complexity index is 1810. The van der Waals surface area contributed by atoms with Gasteiger partial charge in [0.25, 0.3) is 0 Å². The molecule has 4 N–H and O–H groups in total. The van der Waals surface area contributed by atoms with E-state index in [1.807, 2.05) is 18.9 Å². The summed E-state index contributed by atoms with van der Waals surface area (Å²) in [4.78, 5) is 23.0. The minimum Gasteiger partial charge on any atom is -0.547 e. The van der Waals surface area contributed by atoms with Crippen LogP contribution in [0.4, 0.5) is 0 Å². The molecule has 0 heterocycles. The molecule has 0 fully saturated rings. The molecule has 0 aromatic heterocycles. The summed E-state index contributed by atoms with van der Waals surface area (Å²) in [5, 5.41) is 23.0. The van der Waals surface area contributed by atoms with Crippen LogP contribution in [0.5, 0.6) is 0 Å². The van der Waals surface area contributed by atoms with Crippen LogP contribution in [0.3, 0.4) is 0 Å². The molecular weight excluding hydrogens is 1380 g/mol. The zero-order valence-corrected chi connectivity index (χ0v) is 68.4. The summed E-state index contributed by atoms with van der Waals surface area (Å²) < 4.78 is 107. The molecule has 93 heavy (non-hydrogen) atoms. The summed E-state index contributed by atoms with van der Waals surface area (Å²) in [6, 6.07) is 0. The van der Waals surface area contributed by atoms with Gasteiger partial charge >= 0.3 is 48.9 Å². The van der Waals surface area contributed by atoms with Gasteiger partial charge in [-0.2, -0.15) is 18.9 Å². The van der Waals surface area contributed by atoms with E-state index in [-0.39, 0.29) is 71.9 Å². The number of hydrogen-bond acceptors (Lipinski definition) is 12. The van der Waals surface area contributed by atoms with E-state index < -0.39 is 64.4 Å². The molecule has 21 heteroatoms. The maximum Gasteiger partial charge on any atom is 2.00 e. The molecule has 0 aliphatic heterocycles. The van der Waals surface area contributed by atoms with Crippen molar-refractivity contribution < 1.29 is 53.5 Å². The number of carbonyl (C=O) groups is 2. The van der Waals surface area contributed by atoms with E-state index >= 15 is 0 Å². The summed E-state index contributed by atoms with van der Waals surface area (Å²) in [5.74, 6) is -4.57. The van der Waals surface area contributed by atoms with Gasteiger partial charge in [0.2, 0.25) is 40.1 Å². The Morgan fingerprint density at radius 1 is 0.215 bits per heavy atom. The molecule has 0 bridgehead atoms. The molecule has 0 aliphatic rings. The molecule has 0 amide bonds. The third-order valence-electron chi connectivity index (χ3n) is 17.7. The van der Waals surface area contributed by atoms with Crippen LogP contribution in [0, 0.1) is 0 Å². The van der Waals surface area contributed by atoms with E-state index in [0.717, 1.165) is 103 Å². The standard InChI is InChI=1S/2C36H74N2O6S2.Ba/c2*1-3-5-7-9-11-13-15-17-19-21-23-25-27-29-31-33-45(41,42)37-35(36(39)40)38-46(43,44)34-32-30-28-26-24-22-20-18-16-14-12-10-8-6-4-2;/h2*35,37-38H,3-34H2,1-2H3,(H,39,40);/q;;+2/p-2. The quantitative estimate of drug-likeness (QED) is 0.0252. The van der Waals surface area contributed by atoms with Crippen LogP contribution >= 0.6 is 0 Å². The Kier molecular flexibility index (Phi) is 73.9. The number of carboxylic acids is 2. The largest absolute Gasteiger partial charge is 2.00 e. The third kappa shape index (κ3) is 74.7. The Labute approximate surface area is 615 Å². The van der Waals surface area contributed by atoms with Gasteiger partial charge in [0, 0.05) is 0 Å². The van der Waals surface area contributed by atoms with Crippen LogP contribution in [0.1, 0.15) is 413 Å². The molecule has 0 atom stereocenters. The first-order valence-electron chi connectivity index (χ1n) is 38.7. The average Bonchev–Trinajstić information content (AvgIpc) is 1.18. The molecule has 0 radical (unpaired) electrons. The smallest absolute Gasteiger partial charge is 0.547 e. The van der Waals surface area contributed by atoms with E-state index in [1.54, 1.807) is 0 Å². The van der Waals surface area contributed by atoms with Crippen molar-refractivity contribution in [3.05, 3.63) is 0 Å². The van der Waals surface area contributed by atoms with Gasteiger partial charge in [-0.15, -0.1) is 0 Å². The van der Waals surface area contributed by atoms with E-state index in [1.165, 1.54) is 257 Å². The zero-order valence-electron chi connectivity index (χ0n) is 60.6. The minimum atomic E-state index is -3.96. The molecule has 0 aromatic rings. The first-order chi connectivity index (χ1) is 44.3. The number of rotatable bonds is 74. The average molecular weight is 1530 g/mol. The number of aliphatic carboxylic acids is 2. The van der Waals surface area contributed by atoms with Crippen LogP contribution in [-0.2, 0) is 49.7 Å². The van der Waals surface area contributed by atoms with Crippen molar-refractivity contribution in [2.24, 2.45) is 0 Å². The van der Waals surface area contributed by atoms with Gasteiger partial charge < -0.3 is 19.8 Å². The predicted octanol–water partition coefficient (Wildman–Crippen LogP) is 16.9. The second-order valence-electron chi connectivity index (χ2n) is 27.0. The molecule has 0 saturated heterocycles. The molecular formula is C72H146BaN4O12S4. The molecule has 0 rings (SSSR count). The third-order valence-corrected chi connectivity index (χ3v) is 23.4. The van der Waals surface area contributed by atoms with E-state index in [4.69, 9.17) is 0 Å². The molecule has 0 saturated carbocycles. The van der Waals surface area contributed by atoms with Gasteiger partial charge in [-0.25, -0.2) is 33.7 Å². The number of sulfonamides is 4. The molecule has 0 aromatic carbocycles. The summed E-state index contributed by atoms with van der Waals surface area (Å²) >= 11 is 0. The van der Waals surface area contributed by atoms with Crippen LogP contribution in [0.15, 0.2) is 0 Å².